The maximum Gasteiger partial charge on any atom is 0.338 e. The minimum atomic E-state index is -3.89. The molecule has 0 unspecified atom stereocenters. The topological polar surface area (TPSA) is 102 Å². The van der Waals surface area contributed by atoms with Crippen LogP contribution in [0.3, 0.4) is 0 Å². The fourth-order valence-electron chi connectivity index (χ4n) is 1.79. The molecule has 0 atom stereocenters. The lowest BCUT2D eigenvalue weighted by Crippen LogP contribution is -2.25. The molecule has 1 amide bonds. The Bertz CT molecular complexity index is 864. The molecule has 132 valence electrons. The second-order valence-electron chi connectivity index (χ2n) is 4.89. The molecule has 0 heterocycles. The summed E-state index contributed by atoms with van der Waals surface area (Å²) in [5.41, 5.74) is 0.306. The third kappa shape index (κ3) is 5.01. The van der Waals surface area contributed by atoms with Crippen LogP contribution in [0.15, 0.2) is 53.4 Å². The maximum atomic E-state index is 12.9. The largest absolute Gasteiger partial charge is 0.452 e. The number of halogens is 1. The van der Waals surface area contributed by atoms with Gasteiger partial charge in [0.1, 0.15) is 5.82 Å². The molecule has 0 aliphatic heterocycles. The van der Waals surface area contributed by atoms with E-state index in [1.54, 1.807) is 0 Å². The van der Waals surface area contributed by atoms with E-state index >= 15 is 0 Å². The van der Waals surface area contributed by atoms with E-state index < -0.39 is 34.3 Å². The average Bonchev–Trinajstić information content (AvgIpc) is 2.61. The van der Waals surface area contributed by atoms with Crippen LogP contribution in [0.4, 0.5) is 10.1 Å². The number of rotatable bonds is 6. The molecular formula is C16H15FN2O5S. The highest BCUT2D eigenvalue weighted by atomic mass is 32.2. The monoisotopic (exact) mass is 366 g/mol. The SMILES string of the molecule is CNC(=O)COC(=O)c1ccc(S(=O)(=O)Nc2ccc(F)cc2)cc1. The second kappa shape index (κ2) is 7.75. The molecule has 0 bridgehead atoms. The first kappa shape index (κ1) is 18.4. The summed E-state index contributed by atoms with van der Waals surface area (Å²) in [5.74, 6) is -1.70. The Hall–Kier alpha value is -2.94. The highest BCUT2D eigenvalue weighted by molar-refractivity contribution is 7.92. The summed E-state index contributed by atoms with van der Waals surface area (Å²) in [4.78, 5) is 22.7. The maximum absolute atomic E-state index is 12.9. The number of hydrogen-bond acceptors (Lipinski definition) is 5. The van der Waals surface area contributed by atoms with Crippen LogP contribution in [-0.4, -0.2) is 33.9 Å². The third-order valence-corrected chi connectivity index (χ3v) is 4.51. The van der Waals surface area contributed by atoms with Crippen molar-refractivity contribution in [3.8, 4) is 0 Å². The number of benzene rings is 2. The van der Waals surface area contributed by atoms with E-state index in [9.17, 15) is 22.4 Å². The fraction of sp³-hybridized carbons (Fsp3) is 0.125. The first-order valence-corrected chi connectivity index (χ1v) is 8.56. The Morgan fingerprint density at radius 2 is 1.64 bits per heavy atom. The third-order valence-electron chi connectivity index (χ3n) is 3.11. The lowest BCUT2D eigenvalue weighted by Gasteiger charge is -2.09. The summed E-state index contributed by atoms with van der Waals surface area (Å²) < 4.78 is 44.4. The molecule has 0 saturated carbocycles. The molecule has 2 aromatic rings. The minimum Gasteiger partial charge on any atom is -0.452 e. The van der Waals surface area contributed by atoms with E-state index in [4.69, 9.17) is 4.74 Å². The number of sulfonamides is 1. The highest BCUT2D eigenvalue weighted by Crippen LogP contribution is 2.17. The molecule has 0 spiro atoms. The van der Waals surface area contributed by atoms with E-state index in [1.165, 1.54) is 43.4 Å². The molecule has 7 nitrogen and oxygen atoms in total. The van der Waals surface area contributed by atoms with E-state index in [-0.39, 0.29) is 16.1 Å². The molecule has 0 aliphatic carbocycles. The summed E-state index contributed by atoms with van der Waals surface area (Å²) in [6, 6.07) is 9.82. The predicted molar refractivity (Wildman–Crippen MR) is 88.0 cm³/mol. The van der Waals surface area contributed by atoms with E-state index in [1.807, 2.05) is 0 Å². The van der Waals surface area contributed by atoms with Crippen LogP contribution < -0.4 is 10.0 Å². The molecule has 9 heteroatoms. The summed E-state index contributed by atoms with van der Waals surface area (Å²) >= 11 is 0. The van der Waals surface area contributed by atoms with Crippen LogP contribution in [0.2, 0.25) is 0 Å². The van der Waals surface area contributed by atoms with E-state index in [0.717, 1.165) is 12.1 Å². The Kier molecular flexibility index (Phi) is 5.71. The zero-order chi connectivity index (χ0) is 18.4. The van der Waals surface area contributed by atoms with Crippen molar-refractivity contribution in [2.45, 2.75) is 4.90 Å². The van der Waals surface area contributed by atoms with Gasteiger partial charge in [0.15, 0.2) is 6.61 Å². The van der Waals surface area contributed by atoms with Crippen LogP contribution in [0.25, 0.3) is 0 Å². The standard InChI is InChI=1S/C16H15FN2O5S/c1-18-15(20)10-24-16(21)11-2-8-14(9-3-11)25(22,23)19-13-6-4-12(17)5-7-13/h2-9,19H,10H2,1H3,(H,18,20). The van der Waals surface area contributed by atoms with E-state index in [2.05, 4.69) is 10.0 Å². The summed E-state index contributed by atoms with van der Waals surface area (Å²) in [6.07, 6.45) is 0. The van der Waals surface area contributed by atoms with Gasteiger partial charge in [0.05, 0.1) is 10.5 Å². The molecule has 2 N–H and O–H groups in total. The van der Waals surface area contributed by atoms with Gasteiger partial charge in [-0.2, -0.15) is 0 Å². The normalized spacial score (nSPS) is 10.8. The minimum absolute atomic E-state index is 0.0836. The average molecular weight is 366 g/mol. The summed E-state index contributed by atoms with van der Waals surface area (Å²) in [6.45, 7) is -0.429. The van der Waals surface area contributed by atoms with Crippen molar-refractivity contribution in [3.63, 3.8) is 0 Å². The second-order valence-corrected chi connectivity index (χ2v) is 6.57. The number of anilines is 1. The van der Waals surface area contributed by atoms with E-state index in [0.29, 0.717) is 0 Å². The molecule has 2 rings (SSSR count). The number of nitrogens with one attached hydrogen (secondary N) is 2. The smallest absolute Gasteiger partial charge is 0.338 e. The van der Waals surface area contributed by atoms with Crippen molar-refractivity contribution in [2.75, 3.05) is 18.4 Å². The fourth-order valence-corrected chi connectivity index (χ4v) is 2.85. The zero-order valence-electron chi connectivity index (χ0n) is 13.2. The molecule has 0 aromatic heterocycles. The lowest BCUT2D eigenvalue weighted by molar-refractivity contribution is -0.123. The van der Waals surface area contributed by atoms with Crippen LogP contribution in [0.1, 0.15) is 10.4 Å². The molecule has 25 heavy (non-hydrogen) atoms. The van der Waals surface area contributed by atoms with Gasteiger partial charge in [0.25, 0.3) is 15.9 Å². The first-order valence-electron chi connectivity index (χ1n) is 7.08. The van der Waals surface area contributed by atoms with Crippen LogP contribution >= 0.6 is 0 Å². The van der Waals surface area contributed by atoms with Crippen molar-refractivity contribution < 1.29 is 27.1 Å². The first-order chi connectivity index (χ1) is 11.8. The number of likely N-dealkylation sites (N-methyl/N-ethyl adjacent to an activating group) is 1. The Labute approximate surface area is 143 Å². The van der Waals surface area contributed by atoms with Crippen molar-refractivity contribution >= 4 is 27.6 Å². The molecule has 2 aromatic carbocycles. The number of carbonyl (C=O) groups is 2. The molecule has 0 fully saturated rings. The molecule has 0 aliphatic rings. The predicted octanol–water partition coefficient (Wildman–Crippen LogP) is 1.53. The van der Waals surface area contributed by atoms with Gasteiger partial charge in [-0.25, -0.2) is 17.6 Å². The summed E-state index contributed by atoms with van der Waals surface area (Å²) in [5, 5.41) is 2.30. The van der Waals surface area contributed by atoms with Gasteiger partial charge in [-0.1, -0.05) is 0 Å². The lowest BCUT2D eigenvalue weighted by atomic mass is 10.2. The number of amides is 1. The van der Waals surface area contributed by atoms with Crippen LogP contribution in [0.5, 0.6) is 0 Å². The number of esters is 1. The zero-order valence-corrected chi connectivity index (χ0v) is 14.0. The number of hydrogen-bond donors (Lipinski definition) is 2. The van der Waals surface area contributed by atoms with Gasteiger partial charge < -0.3 is 10.1 Å². The Balaban J connectivity index is 2.08. The summed E-state index contributed by atoms with van der Waals surface area (Å²) in [7, 11) is -2.48. The molecule has 0 radical (unpaired) electrons. The van der Waals surface area contributed by atoms with Crippen molar-refractivity contribution in [1.29, 1.82) is 0 Å². The van der Waals surface area contributed by atoms with Gasteiger partial charge in [-0.3, -0.25) is 9.52 Å². The number of ether oxygens (including phenoxy) is 1. The Morgan fingerprint density at radius 1 is 1.04 bits per heavy atom. The van der Waals surface area contributed by atoms with Gasteiger partial charge in [-0.05, 0) is 48.5 Å². The van der Waals surface area contributed by atoms with Crippen molar-refractivity contribution in [2.24, 2.45) is 0 Å². The van der Waals surface area contributed by atoms with Crippen molar-refractivity contribution in [3.05, 3.63) is 59.9 Å². The molecule has 0 saturated heterocycles. The number of carbonyl (C=O) groups excluding carboxylic acids is 2. The van der Waals surface area contributed by atoms with Crippen LogP contribution in [-0.2, 0) is 19.6 Å². The highest BCUT2D eigenvalue weighted by Gasteiger charge is 2.16. The van der Waals surface area contributed by atoms with Gasteiger partial charge >= 0.3 is 5.97 Å². The van der Waals surface area contributed by atoms with Gasteiger partial charge in [-0.15, -0.1) is 0 Å². The van der Waals surface area contributed by atoms with Gasteiger partial charge in [0, 0.05) is 12.7 Å². The quantitative estimate of drug-likeness (QED) is 0.755. The molecular weight excluding hydrogens is 351 g/mol. The van der Waals surface area contributed by atoms with Gasteiger partial charge in [0.2, 0.25) is 0 Å². The Morgan fingerprint density at radius 3 is 2.20 bits per heavy atom. The van der Waals surface area contributed by atoms with Crippen molar-refractivity contribution in [1.82, 2.24) is 5.32 Å². The van der Waals surface area contributed by atoms with Crippen LogP contribution in [0, 0.1) is 5.82 Å².